The second kappa shape index (κ2) is 9.06. The Morgan fingerprint density at radius 3 is 2.56 bits per heavy atom. The van der Waals surface area contributed by atoms with E-state index in [9.17, 15) is 4.79 Å². The summed E-state index contributed by atoms with van der Waals surface area (Å²) in [6, 6.07) is 16.1. The Morgan fingerprint density at radius 1 is 1.12 bits per heavy atom. The monoisotopic (exact) mass is 373 g/mol. The van der Waals surface area contributed by atoms with Crippen molar-refractivity contribution in [3.05, 3.63) is 54.1 Å². The lowest BCUT2D eigenvalue weighted by Gasteiger charge is -2.28. The van der Waals surface area contributed by atoms with Crippen molar-refractivity contribution in [3.8, 4) is 0 Å². The Labute approximate surface area is 157 Å². The number of para-hydroxylation sites is 1. The molecule has 4 nitrogen and oxygen atoms in total. The molecule has 1 heterocycles. The molecule has 2 aromatic carbocycles. The van der Waals surface area contributed by atoms with Crippen LogP contribution < -0.4 is 15.5 Å². The van der Waals surface area contributed by atoms with Gasteiger partial charge in [0.25, 0.3) is 0 Å². The van der Waals surface area contributed by atoms with Gasteiger partial charge in [-0.25, -0.2) is 4.79 Å². The van der Waals surface area contributed by atoms with Crippen molar-refractivity contribution in [2.45, 2.75) is 11.4 Å². The number of nitrogens with zero attached hydrogens (tertiary/aromatic N) is 1. The molecule has 0 bridgehead atoms. The number of rotatable bonds is 5. The number of amides is 2. The van der Waals surface area contributed by atoms with Crippen molar-refractivity contribution in [2.75, 3.05) is 41.1 Å². The van der Waals surface area contributed by atoms with Gasteiger partial charge in [0, 0.05) is 41.7 Å². The third-order valence-electron chi connectivity index (χ3n) is 4.12. The largest absolute Gasteiger partial charge is 0.370 e. The molecule has 0 spiro atoms. The lowest BCUT2D eigenvalue weighted by molar-refractivity contribution is 0.251. The highest BCUT2D eigenvalue weighted by molar-refractivity contribution is 7.99. The fourth-order valence-corrected chi connectivity index (χ4v) is 4.20. The van der Waals surface area contributed by atoms with E-state index in [0.717, 1.165) is 29.2 Å². The summed E-state index contributed by atoms with van der Waals surface area (Å²) in [6.45, 7) is 2.74. The summed E-state index contributed by atoms with van der Waals surface area (Å²) in [5, 5.41) is 5.83. The Kier molecular flexibility index (Phi) is 6.53. The van der Waals surface area contributed by atoms with E-state index in [-0.39, 0.29) is 6.03 Å². The van der Waals surface area contributed by atoms with Gasteiger partial charge in [-0.1, -0.05) is 24.3 Å². The molecule has 1 aliphatic rings. The molecule has 2 N–H and O–H groups in total. The van der Waals surface area contributed by atoms with Gasteiger partial charge in [-0.05, 0) is 36.1 Å². The van der Waals surface area contributed by atoms with Gasteiger partial charge in [0.2, 0.25) is 0 Å². The van der Waals surface area contributed by atoms with Crippen molar-refractivity contribution in [2.24, 2.45) is 0 Å². The summed E-state index contributed by atoms with van der Waals surface area (Å²) >= 11 is 3.63. The second-order valence-electron chi connectivity index (χ2n) is 5.77. The predicted molar refractivity (Wildman–Crippen MR) is 110 cm³/mol. The summed E-state index contributed by atoms with van der Waals surface area (Å²) in [5.41, 5.74) is 3.21. The molecule has 0 unspecified atom stereocenters. The van der Waals surface area contributed by atoms with Gasteiger partial charge >= 0.3 is 6.03 Å². The molecule has 6 heteroatoms. The van der Waals surface area contributed by atoms with Gasteiger partial charge in [0.15, 0.2) is 0 Å². The molecule has 0 saturated carbocycles. The first-order valence-corrected chi connectivity index (χ1v) is 10.7. The molecule has 132 valence electrons. The van der Waals surface area contributed by atoms with Crippen molar-refractivity contribution < 1.29 is 4.79 Å². The van der Waals surface area contributed by atoms with Gasteiger partial charge in [-0.3, -0.25) is 0 Å². The van der Waals surface area contributed by atoms with Gasteiger partial charge in [-0.2, -0.15) is 11.8 Å². The van der Waals surface area contributed by atoms with Crippen LogP contribution in [0.2, 0.25) is 0 Å². The van der Waals surface area contributed by atoms with Gasteiger partial charge < -0.3 is 15.5 Å². The molecule has 0 atom stereocenters. The molecular weight excluding hydrogens is 350 g/mol. The lowest BCUT2D eigenvalue weighted by atomic mass is 10.2. The molecule has 3 rings (SSSR count). The highest BCUT2D eigenvalue weighted by Crippen LogP contribution is 2.24. The van der Waals surface area contributed by atoms with Crippen LogP contribution >= 0.6 is 23.5 Å². The quantitative estimate of drug-likeness (QED) is 0.768. The number of nitrogens with one attached hydrogen (secondary N) is 2. The molecule has 0 aliphatic carbocycles. The number of anilines is 2. The third kappa shape index (κ3) is 5.09. The molecular formula is C19H23N3OS2. The minimum atomic E-state index is -0.182. The zero-order valence-electron chi connectivity index (χ0n) is 14.3. The van der Waals surface area contributed by atoms with Gasteiger partial charge in [0.05, 0.1) is 5.69 Å². The zero-order chi connectivity index (χ0) is 17.5. The normalized spacial score (nSPS) is 14.2. The Morgan fingerprint density at radius 2 is 1.84 bits per heavy atom. The second-order valence-corrected chi connectivity index (χ2v) is 7.85. The molecule has 25 heavy (non-hydrogen) atoms. The van der Waals surface area contributed by atoms with Crippen LogP contribution in [0.1, 0.15) is 5.56 Å². The van der Waals surface area contributed by atoms with Crippen LogP contribution in [0, 0.1) is 0 Å². The average Bonchev–Trinajstić information content (AvgIpc) is 2.68. The number of benzene rings is 2. The summed E-state index contributed by atoms with van der Waals surface area (Å²) in [7, 11) is 0. The Bertz CT molecular complexity index is 700. The van der Waals surface area contributed by atoms with E-state index >= 15 is 0 Å². The number of thioether (sulfide) groups is 2. The average molecular weight is 374 g/mol. The van der Waals surface area contributed by atoms with Gasteiger partial charge in [-0.15, -0.1) is 11.8 Å². The smallest absolute Gasteiger partial charge is 0.319 e. The number of carbonyl (C=O) groups is 1. The van der Waals surface area contributed by atoms with E-state index in [0.29, 0.717) is 6.54 Å². The van der Waals surface area contributed by atoms with Crippen LogP contribution in [-0.4, -0.2) is 36.9 Å². The summed E-state index contributed by atoms with van der Waals surface area (Å²) < 4.78 is 0. The molecule has 0 radical (unpaired) electrons. The maximum Gasteiger partial charge on any atom is 0.319 e. The maximum absolute atomic E-state index is 12.1. The van der Waals surface area contributed by atoms with Crippen molar-refractivity contribution in [1.82, 2.24) is 5.32 Å². The van der Waals surface area contributed by atoms with E-state index in [1.54, 1.807) is 11.8 Å². The lowest BCUT2D eigenvalue weighted by Crippen LogP contribution is -2.32. The van der Waals surface area contributed by atoms with E-state index in [2.05, 4.69) is 39.8 Å². The van der Waals surface area contributed by atoms with Crippen molar-refractivity contribution in [1.29, 1.82) is 0 Å². The molecule has 2 amide bonds. The molecule has 1 saturated heterocycles. The van der Waals surface area contributed by atoms with E-state index in [4.69, 9.17) is 0 Å². The summed E-state index contributed by atoms with van der Waals surface area (Å²) in [4.78, 5) is 15.6. The zero-order valence-corrected chi connectivity index (χ0v) is 16.0. The topological polar surface area (TPSA) is 44.4 Å². The maximum atomic E-state index is 12.1. The first-order chi connectivity index (χ1) is 12.3. The van der Waals surface area contributed by atoms with E-state index < -0.39 is 0 Å². The van der Waals surface area contributed by atoms with E-state index in [1.807, 2.05) is 42.3 Å². The first kappa shape index (κ1) is 18.0. The fraction of sp³-hybridized carbons (Fsp3) is 0.316. The minimum Gasteiger partial charge on any atom is -0.370 e. The Hall–Kier alpha value is -1.79. The number of carbonyl (C=O) groups excluding carboxylic acids is 1. The van der Waals surface area contributed by atoms with Crippen LogP contribution in [0.25, 0.3) is 0 Å². The SMILES string of the molecule is CSc1ccccc1NC(=O)NCc1ccc(N2CCSCC2)cc1. The van der Waals surface area contributed by atoms with Crippen molar-refractivity contribution in [3.63, 3.8) is 0 Å². The Balaban J connectivity index is 1.51. The van der Waals surface area contributed by atoms with Crippen LogP contribution in [-0.2, 0) is 6.54 Å². The number of hydrogen-bond acceptors (Lipinski definition) is 4. The molecule has 1 aliphatic heterocycles. The number of urea groups is 1. The summed E-state index contributed by atoms with van der Waals surface area (Å²) in [6.07, 6.45) is 2.00. The highest BCUT2D eigenvalue weighted by atomic mass is 32.2. The van der Waals surface area contributed by atoms with Crippen LogP contribution in [0.4, 0.5) is 16.2 Å². The fourth-order valence-electron chi connectivity index (χ4n) is 2.74. The standard InChI is InChI=1S/C19H23N3OS2/c1-24-18-5-3-2-4-17(18)21-19(23)20-14-15-6-8-16(9-7-15)22-10-12-25-13-11-22/h2-9H,10-14H2,1H3,(H2,20,21,23). The van der Waals surface area contributed by atoms with Crippen LogP contribution in [0.5, 0.6) is 0 Å². The van der Waals surface area contributed by atoms with Gasteiger partial charge in [0.1, 0.15) is 0 Å². The molecule has 0 aromatic heterocycles. The third-order valence-corrected chi connectivity index (χ3v) is 5.86. The molecule has 2 aromatic rings. The number of hydrogen-bond donors (Lipinski definition) is 2. The predicted octanol–water partition coefficient (Wildman–Crippen LogP) is 4.28. The minimum absolute atomic E-state index is 0.182. The summed E-state index contributed by atoms with van der Waals surface area (Å²) in [5.74, 6) is 2.39. The van der Waals surface area contributed by atoms with Crippen LogP contribution in [0.3, 0.4) is 0 Å². The van der Waals surface area contributed by atoms with E-state index in [1.165, 1.54) is 17.2 Å². The molecule has 1 fully saturated rings. The van der Waals surface area contributed by atoms with Crippen LogP contribution in [0.15, 0.2) is 53.4 Å². The first-order valence-electron chi connectivity index (χ1n) is 8.36. The highest BCUT2D eigenvalue weighted by Gasteiger charge is 2.11. The van der Waals surface area contributed by atoms with Crippen molar-refractivity contribution >= 4 is 40.9 Å².